The van der Waals surface area contributed by atoms with Gasteiger partial charge >= 0.3 is 17.9 Å². The number of ether oxygens (including phenoxy) is 5. The van der Waals surface area contributed by atoms with Crippen molar-refractivity contribution in [1.82, 2.24) is 9.80 Å². The molecule has 0 unspecified atom stereocenters. The molecule has 18 nitrogen and oxygen atoms in total. The van der Waals surface area contributed by atoms with E-state index >= 15 is 0 Å². The number of nitrogens with one attached hydrogen (secondary N) is 2. The molecule has 0 aromatic heterocycles. The second kappa shape index (κ2) is 34.2. The van der Waals surface area contributed by atoms with Crippen molar-refractivity contribution in [1.29, 1.82) is 0 Å². The lowest BCUT2D eigenvalue weighted by atomic mass is 10.1. The zero-order chi connectivity index (χ0) is 63.4. The van der Waals surface area contributed by atoms with Gasteiger partial charge in [0.25, 0.3) is 11.8 Å². The van der Waals surface area contributed by atoms with Gasteiger partial charge in [-0.15, -0.1) is 0 Å². The van der Waals surface area contributed by atoms with Crippen molar-refractivity contribution in [2.24, 2.45) is 0 Å². The van der Waals surface area contributed by atoms with E-state index in [4.69, 9.17) is 23.7 Å². The number of carboxylic acids is 1. The molecule has 0 aliphatic carbocycles. The van der Waals surface area contributed by atoms with Crippen LogP contribution >= 0.6 is 0 Å². The van der Waals surface area contributed by atoms with E-state index in [9.17, 15) is 43.8 Å². The normalized spacial score (nSPS) is 10.8. The van der Waals surface area contributed by atoms with Gasteiger partial charge in [0.05, 0.1) is 39.2 Å². The van der Waals surface area contributed by atoms with Crippen LogP contribution in [0.15, 0.2) is 170 Å². The number of rotatable bonds is 29. The molecule has 7 rings (SSSR count). The largest absolute Gasteiger partial charge is 0.508 e. The highest BCUT2D eigenvalue weighted by Gasteiger charge is 2.25. The molecule has 88 heavy (non-hydrogen) atoms. The number of aliphatic carboxylic acids is 1. The maximum atomic E-state index is 13.3. The third kappa shape index (κ3) is 23.5. The highest BCUT2D eigenvalue weighted by Crippen LogP contribution is 2.23. The first-order valence-corrected chi connectivity index (χ1v) is 29.2. The van der Waals surface area contributed by atoms with Crippen molar-refractivity contribution in [2.45, 2.75) is 104 Å². The van der Waals surface area contributed by atoms with E-state index in [1.807, 2.05) is 24.3 Å². The maximum Gasteiger partial charge on any atom is 0.343 e. The first-order valence-electron chi connectivity index (χ1n) is 29.2. The quantitative estimate of drug-likeness (QED) is 0.0194. The molecule has 0 aliphatic rings. The summed E-state index contributed by atoms with van der Waals surface area (Å²) in [6, 6.07) is 47.0. The fourth-order valence-electron chi connectivity index (χ4n) is 8.92. The fourth-order valence-corrected chi connectivity index (χ4v) is 8.92. The number of carbonyl (C=O) groups excluding carboxylic acids is 6. The smallest absolute Gasteiger partial charge is 0.343 e. The molecule has 7 aromatic rings. The Bertz CT molecular complexity index is 3360. The number of amides is 4. The highest BCUT2D eigenvalue weighted by atomic mass is 16.6. The van der Waals surface area contributed by atoms with Crippen LogP contribution in [0.4, 0.5) is 11.4 Å². The number of phenolic OH excluding ortho intramolecular Hbond substituents is 1. The summed E-state index contributed by atoms with van der Waals surface area (Å²) in [6.07, 6.45) is 8.82. The summed E-state index contributed by atoms with van der Waals surface area (Å²) in [6.45, 7) is 7.54. The molecule has 462 valence electrons. The maximum absolute atomic E-state index is 13.3. The molecule has 0 radical (unpaired) electrons. The number of hydrogen-bond acceptors (Lipinski definition) is 13. The number of nitrogens with zero attached hydrogens (tertiary/aromatic N) is 2. The van der Waals surface area contributed by atoms with Crippen molar-refractivity contribution in [3.05, 3.63) is 209 Å². The minimum absolute atomic E-state index is 0.0139. The predicted octanol–water partition coefficient (Wildman–Crippen LogP) is 12.5. The van der Waals surface area contributed by atoms with E-state index in [1.165, 1.54) is 66.2 Å². The van der Waals surface area contributed by atoms with Crippen LogP contribution in [-0.4, -0.2) is 101 Å². The number of aromatic hydroxyl groups is 1. The molecule has 0 atom stereocenters. The van der Waals surface area contributed by atoms with Crippen LogP contribution in [0.2, 0.25) is 0 Å². The van der Waals surface area contributed by atoms with Crippen molar-refractivity contribution in [3.8, 4) is 28.7 Å². The summed E-state index contributed by atoms with van der Waals surface area (Å²) in [5, 5.41) is 24.7. The van der Waals surface area contributed by atoms with Gasteiger partial charge in [0.1, 0.15) is 47.4 Å². The van der Waals surface area contributed by atoms with Gasteiger partial charge in [0.2, 0.25) is 11.8 Å². The van der Waals surface area contributed by atoms with E-state index in [0.29, 0.717) is 51.9 Å². The number of hydrogen-bond donors (Lipinski definition) is 4. The molecular weight excluding hydrogens is 1120 g/mol. The summed E-state index contributed by atoms with van der Waals surface area (Å²) in [5.74, 6) is -0.943. The van der Waals surface area contributed by atoms with Gasteiger partial charge in [-0.3, -0.25) is 28.8 Å². The molecular formula is C70H78N4O14. The summed E-state index contributed by atoms with van der Waals surface area (Å²) >= 11 is 0. The zero-order valence-electron chi connectivity index (χ0n) is 50.8. The van der Waals surface area contributed by atoms with E-state index in [1.54, 1.807) is 156 Å². The highest BCUT2D eigenvalue weighted by molar-refractivity contribution is 5.99. The standard InChI is InChI=1S/C41H46N2O8.C29H32N2O6/c1-3-4-5-6-7-8-9-26-50-36-24-16-33(17-25-36)41(48)51-37-22-12-31(13-23-37)28-43(29-39(45)46)40(47)32-14-18-34(19-15-32)42-38(44)27-30-10-20-35(49-2)21-11-30;1-29(2,3)37-27(34)19-31(18-21-5-13-24(32)14-6-21)28(35)22-9-11-23(12-10-22)30-26(33)17-20-7-15-25(36-4)16-8-20/h10-25H,3-9,26-29H2,1-2H3,(H,42,44)(H,45,46);5-16,32H,17-19H2,1-4H3,(H,30,33). The number of phenols is 1. The Morgan fingerprint density at radius 1 is 0.466 bits per heavy atom. The first kappa shape index (κ1) is 67.2. The van der Waals surface area contributed by atoms with Gasteiger partial charge in [-0.2, -0.15) is 0 Å². The second-order valence-electron chi connectivity index (χ2n) is 21.8. The van der Waals surface area contributed by atoms with Gasteiger partial charge < -0.3 is 54.3 Å². The molecule has 4 amide bonds. The van der Waals surface area contributed by atoms with Crippen molar-refractivity contribution in [3.63, 3.8) is 0 Å². The minimum Gasteiger partial charge on any atom is -0.508 e. The number of carbonyl (C=O) groups is 7. The number of unbranched alkanes of at least 4 members (excludes halogenated alkanes) is 6. The first-order chi connectivity index (χ1) is 42.3. The molecule has 0 bridgehead atoms. The van der Waals surface area contributed by atoms with Crippen LogP contribution in [0, 0.1) is 0 Å². The Labute approximate surface area is 514 Å². The van der Waals surface area contributed by atoms with Crippen molar-refractivity contribution < 1.29 is 67.5 Å². The lowest BCUT2D eigenvalue weighted by molar-refractivity contribution is -0.155. The van der Waals surface area contributed by atoms with Crippen LogP contribution in [0.25, 0.3) is 0 Å². The van der Waals surface area contributed by atoms with Crippen LogP contribution in [-0.2, 0) is 49.8 Å². The third-order valence-corrected chi connectivity index (χ3v) is 13.4. The lowest BCUT2D eigenvalue weighted by Gasteiger charge is -2.25. The molecule has 0 saturated heterocycles. The molecule has 7 aromatic carbocycles. The van der Waals surface area contributed by atoms with Gasteiger partial charge in [-0.1, -0.05) is 94.0 Å². The Morgan fingerprint density at radius 3 is 1.31 bits per heavy atom. The third-order valence-electron chi connectivity index (χ3n) is 13.4. The van der Waals surface area contributed by atoms with Crippen LogP contribution in [0.3, 0.4) is 0 Å². The summed E-state index contributed by atoms with van der Waals surface area (Å²) < 4.78 is 27.0. The number of esters is 2. The van der Waals surface area contributed by atoms with Gasteiger partial charge in [-0.25, -0.2) is 4.79 Å². The topological polar surface area (TPSA) is 237 Å². The number of anilines is 2. The molecule has 18 heteroatoms. The fraction of sp³-hybridized carbons (Fsp3) is 0.300. The molecule has 0 aliphatic heterocycles. The molecule has 0 spiro atoms. The lowest BCUT2D eigenvalue weighted by Crippen LogP contribution is -2.38. The summed E-state index contributed by atoms with van der Waals surface area (Å²) in [5.41, 5.74) is 4.43. The number of carboxylic acid groups (broad SMARTS) is 1. The molecule has 0 heterocycles. The van der Waals surface area contributed by atoms with Crippen molar-refractivity contribution in [2.75, 3.05) is 44.5 Å². The average molecular weight is 1200 g/mol. The van der Waals surface area contributed by atoms with Crippen molar-refractivity contribution >= 4 is 52.9 Å². The van der Waals surface area contributed by atoms with E-state index in [2.05, 4.69) is 17.6 Å². The Balaban J connectivity index is 0.000000295. The predicted molar refractivity (Wildman–Crippen MR) is 336 cm³/mol. The Morgan fingerprint density at radius 2 is 0.864 bits per heavy atom. The van der Waals surface area contributed by atoms with Gasteiger partial charge in [0.15, 0.2) is 0 Å². The van der Waals surface area contributed by atoms with Gasteiger partial charge in [0, 0.05) is 35.6 Å². The van der Waals surface area contributed by atoms with E-state index < -0.39 is 36.0 Å². The van der Waals surface area contributed by atoms with E-state index in [0.717, 1.165) is 35.3 Å². The number of benzene rings is 7. The summed E-state index contributed by atoms with van der Waals surface area (Å²) in [7, 11) is 3.16. The molecule has 4 N–H and O–H groups in total. The SMILES string of the molecule is CCCCCCCCCOc1ccc(C(=O)Oc2ccc(CN(CC(=O)O)C(=O)c3ccc(NC(=O)Cc4ccc(OC)cc4)cc3)cc2)cc1.COc1ccc(CC(=O)Nc2ccc(C(=O)N(CC(=O)OC(C)(C)C)Cc3ccc(O)cc3)cc2)cc1. The van der Waals surface area contributed by atoms with Crippen LogP contribution in [0.1, 0.15) is 126 Å². The molecule has 0 saturated carbocycles. The van der Waals surface area contributed by atoms with Crippen LogP contribution in [0.5, 0.6) is 28.7 Å². The number of methoxy groups -OCH3 is 2. The molecule has 0 fully saturated rings. The Hall–Kier alpha value is -9.97. The van der Waals surface area contributed by atoms with E-state index in [-0.39, 0.29) is 61.5 Å². The average Bonchev–Trinajstić information content (AvgIpc) is 3.70. The zero-order valence-corrected chi connectivity index (χ0v) is 50.8. The Kier molecular flexibility index (Phi) is 26.1. The summed E-state index contributed by atoms with van der Waals surface area (Å²) in [4.78, 5) is 91.1. The monoisotopic (exact) mass is 1200 g/mol. The second-order valence-corrected chi connectivity index (χ2v) is 21.8. The van der Waals surface area contributed by atoms with Gasteiger partial charge in [-0.05, 0) is 171 Å². The minimum atomic E-state index is -1.16. The van der Waals surface area contributed by atoms with Crippen LogP contribution < -0.4 is 29.6 Å².